The van der Waals surface area contributed by atoms with Crippen molar-refractivity contribution in [2.75, 3.05) is 55.6 Å². The van der Waals surface area contributed by atoms with Crippen LogP contribution in [-0.4, -0.2) is 70.3 Å². The Bertz CT molecular complexity index is 928. The number of aromatic nitrogens is 1. The highest BCUT2D eigenvalue weighted by Crippen LogP contribution is 2.20. The van der Waals surface area contributed by atoms with E-state index in [1.54, 1.807) is 12.1 Å². The van der Waals surface area contributed by atoms with Gasteiger partial charge in [0.25, 0.3) is 10.0 Å². The molecule has 0 aliphatic carbocycles. The molecule has 2 aliphatic rings. The summed E-state index contributed by atoms with van der Waals surface area (Å²) in [6, 6.07) is 11.4. The van der Waals surface area contributed by atoms with Crippen molar-refractivity contribution in [2.24, 2.45) is 0 Å². The Kier molecular flexibility index (Phi) is 6.52. The number of nitrogens with one attached hydrogen (secondary N) is 2. The fraction of sp³-hybridized carbons (Fsp3) is 0.476. The van der Waals surface area contributed by atoms with Gasteiger partial charge < -0.3 is 15.0 Å². The van der Waals surface area contributed by atoms with E-state index in [0.29, 0.717) is 24.9 Å². The Morgan fingerprint density at radius 1 is 1.13 bits per heavy atom. The third kappa shape index (κ3) is 5.28. The molecule has 0 radical (unpaired) electrons. The van der Waals surface area contributed by atoms with Crippen molar-refractivity contribution in [1.29, 1.82) is 0 Å². The maximum absolute atomic E-state index is 12.7. The van der Waals surface area contributed by atoms with Crippen LogP contribution in [-0.2, 0) is 21.3 Å². The van der Waals surface area contributed by atoms with E-state index in [1.807, 2.05) is 24.3 Å². The molecule has 2 N–H and O–H groups in total. The minimum absolute atomic E-state index is 0.151. The molecule has 1 aromatic carbocycles. The second-order valence-corrected chi connectivity index (χ2v) is 9.53. The molecular weight excluding hydrogens is 402 g/mol. The zero-order chi connectivity index (χ0) is 21.0. The van der Waals surface area contributed by atoms with Gasteiger partial charge in [0.1, 0.15) is 10.7 Å². The van der Waals surface area contributed by atoms with Gasteiger partial charge in [0.2, 0.25) is 0 Å². The number of hydrogen-bond donors (Lipinski definition) is 2. The summed E-state index contributed by atoms with van der Waals surface area (Å²) < 4.78 is 33.4. The Balaban J connectivity index is 1.37. The van der Waals surface area contributed by atoms with Crippen LogP contribution in [0.5, 0.6) is 0 Å². The normalized spacial score (nSPS) is 20.8. The number of pyridine rings is 1. The van der Waals surface area contributed by atoms with Crippen LogP contribution in [0, 0.1) is 0 Å². The van der Waals surface area contributed by atoms with Crippen LogP contribution in [0.25, 0.3) is 0 Å². The number of hydrogen-bond acceptors (Lipinski definition) is 7. The predicted octanol–water partition coefficient (Wildman–Crippen LogP) is 1.51. The lowest BCUT2D eigenvalue weighted by molar-refractivity contribution is 0.122. The van der Waals surface area contributed by atoms with Crippen molar-refractivity contribution < 1.29 is 13.2 Å². The summed E-state index contributed by atoms with van der Waals surface area (Å²) in [5, 5.41) is 3.44. The summed E-state index contributed by atoms with van der Waals surface area (Å²) in [5.41, 5.74) is 1.72. The lowest BCUT2D eigenvalue weighted by Crippen LogP contribution is -2.48. The van der Waals surface area contributed by atoms with E-state index in [9.17, 15) is 8.42 Å². The van der Waals surface area contributed by atoms with Gasteiger partial charge in [0.05, 0.1) is 13.2 Å². The highest BCUT2D eigenvalue weighted by Gasteiger charge is 2.18. The van der Waals surface area contributed by atoms with Gasteiger partial charge in [-0.1, -0.05) is 12.1 Å². The van der Waals surface area contributed by atoms with Crippen molar-refractivity contribution in [3.05, 3.63) is 48.2 Å². The third-order valence-corrected chi connectivity index (χ3v) is 6.80. The maximum atomic E-state index is 12.7. The van der Waals surface area contributed by atoms with Gasteiger partial charge in [-0.15, -0.1) is 0 Å². The summed E-state index contributed by atoms with van der Waals surface area (Å²) in [6.07, 6.45) is 1.41. The van der Waals surface area contributed by atoms with Crippen molar-refractivity contribution >= 4 is 21.5 Å². The molecule has 2 aliphatic heterocycles. The van der Waals surface area contributed by atoms with E-state index < -0.39 is 10.0 Å². The van der Waals surface area contributed by atoms with E-state index in [4.69, 9.17) is 4.74 Å². The predicted molar refractivity (Wildman–Crippen MR) is 117 cm³/mol. The summed E-state index contributed by atoms with van der Waals surface area (Å²) >= 11 is 0. The van der Waals surface area contributed by atoms with Gasteiger partial charge in [-0.3, -0.25) is 9.62 Å². The topological polar surface area (TPSA) is 86.8 Å². The molecule has 2 saturated heterocycles. The number of nitrogens with zero attached hydrogens (tertiary/aromatic N) is 3. The second-order valence-electron chi connectivity index (χ2n) is 7.84. The van der Waals surface area contributed by atoms with Gasteiger partial charge in [-0.05, 0) is 36.8 Å². The van der Waals surface area contributed by atoms with Gasteiger partial charge in [0.15, 0.2) is 0 Å². The Morgan fingerprint density at radius 2 is 1.90 bits per heavy atom. The lowest BCUT2D eigenvalue weighted by atomic mass is 10.1. The van der Waals surface area contributed by atoms with Gasteiger partial charge in [-0.25, -0.2) is 13.4 Å². The fourth-order valence-electron chi connectivity index (χ4n) is 3.82. The molecule has 9 heteroatoms. The van der Waals surface area contributed by atoms with Crippen LogP contribution in [0.3, 0.4) is 0 Å². The molecule has 0 bridgehead atoms. The summed E-state index contributed by atoms with van der Waals surface area (Å²) in [6.45, 7) is 8.93. The molecule has 1 aromatic heterocycles. The molecule has 0 saturated carbocycles. The number of morpholine rings is 1. The smallest absolute Gasteiger partial charge is 0.263 e. The number of sulfonamides is 1. The summed E-state index contributed by atoms with van der Waals surface area (Å²) in [7, 11) is -3.68. The molecule has 30 heavy (non-hydrogen) atoms. The number of benzene rings is 1. The average Bonchev–Trinajstić information content (AvgIpc) is 2.76. The molecule has 2 aromatic rings. The zero-order valence-electron chi connectivity index (χ0n) is 17.3. The molecule has 3 heterocycles. The second kappa shape index (κ2) is 9.30. The van der Waals surface area contributed by atoms with E-state index in [2.05, 4.69) is 31.7 Å². The van der Waals surface area contributed by atoms with Crippen molar-refractivity contribution in [1.82, 2.24) is 15.2 Å². The van der Waals surface area contributed by atoms with Crippen molar-refractivity contribution in [3.8, 4) is 0 Å². The molecule has 4 rings (SSSR count). The fourth-order valence-corrected chi connectivity index (χ4v) is 4.82. The first-order valence-electron chi connectivity index (χ1n) is 10.4. The van der Waals surface area contributed by atoms with E-state index in [-0.39, 0.29) is 4.90 Å². The largest absolute Gasteiger partial charge is 0.378 e. The van der Waals surface area contributed by atoms with E-state index in [1.165, 1.54) is 11.8 Å². The first-order chi connectivity index (χ1) is 14.5. The number of ether oxygens (including phenoxy) is 1. The lowest BCUT2D eigenvalue weighted by Gasteiger charge is -2.31. The molecule has 8 nitrogen and oxygen atoms in total. The molecule has 162 valence electrons. The third-order valence-electron chi connectivity index (χ3n) is 5.43. The number of rotatable bonds is 6. The zero-order valence-corrected chi connectivity index (χ0v) is 18.1. The van der Waals surface area contributed by atoms with E-state index >= 15 is 0 Å². The van der Waals surface area contributed by atoms with Gasteiger partial charge >= 0.3 is 0 Å². The Labute approximate surface area is 178 Å². The molecule has 0 spiro atoms. The highest BCUT2D eigenvalue weighted by atomic mass is 32.2. The van der Waals surface area contributed by atoms with Crippen LogP contribution in [0.4, 0.5) is 11.5 Å². The first-order valence-corrected chi connectivity index (χ1v) is 11.8. The molecule has 2 fully saturated rings. The van der Waals surface area contributed by atoms with Crippen molar-refractivity contribution in [3.63, 3.8) is 0 Å². The van der Waals surface area contributed by atoms with Crippen LogP contribution in [0.2, 0.25) is 0 Å². The molecular formula is C21H29N5O3S. The monoisotopic (exact) mass is 431 g/mol. The number of piperazine rings is 1. The standard InChI is InChI=1S/C21H29N5O3S/c1-17-15-25(9-8-22-17)16-18-2-4-19(5-3-18)24-30(27,28)20-6-7-21(23-14-20)26-10-12-29-13-11-26/h2-7,14,17,22,24H,8-13,15-16H2,1H3/t17-/m0/s1. The van der Waals surface area contributed by atoms with Gasteiger partial charge in [0, 0.05) is 57.2 Å². The van der Waals surface area contributed by atoms with Crippen LogP contribution in [0.15, 0.2) is 47.5 Å². The van der Waals surface area contributed by atoms with Crippen molar-refractivity contribution in [2.45, 2.75) is 24.4 Å². The Hall–Kier alpha value is -2.20. The van der Waals surface area contributed by atoms with Gasteiger partial charge in [-0.2, -0.15) is 0 Å². The summed E-state index contributed by atoms with van der Waals surface area (Å²) in [4.78, 5) is 8.98. The number of anilines is 2. The average molecular weight is 432 g/mol. The molecule has 0 amide bonds. The van der Waals surface area contributed by atoms with Crippen LogP contribution in [0.1, 0.15) is 12.5 Å². The minimum Gasteiger partial charge on any atom is -0.378 e. The summed E-state index contributed by atoms with van der Waals surface area (Å²) in [5.74, 6) is 0.767. The first kappa shape index (κ1) is 21.0. The molecule has 0 unspecified atom stereocenters. The minimum atomic E-state index is -3.68. The molecule has 1 atom stereocenters. The quantitative estimate of drug-likeness (QED) is 0.717. The van der Waals surface area contributed by atoms with Crippen LogP contribution < -0.4 is 14.9 Å². The van der Waals surface area contributed by atoms with Crippen LogP contribution >= 0.6 is 0 Å². The Morgan fingerprint density at radius 3 is 2.57 bits per heavy atom. The highest BCUT2D eigenvalue weighted by molar-refractivity contribution is 7.92. The maximum Gasteiger partial charge on any atom is 0.263 e. The van der Waals surface area contributed by atoms with E-state index in [0.717, 1.165) is 45.1 Å². The SMILES string of the molecule is C[C@H]1CN(Cc2ccc(NS(=O)(=O)c3ccc(N4CCOCC4)nc3)cc2)CCN1.